The van der Waals surface area contributed by atoms with Gasteiger partial charge in [0, 0.05) is 19.1 Å². The van der Waals surface area contributed by atoms with Gasteiger partial charge in [0.1, 0.15) is 4.90 Å². The van der Waals surface area contributed by atoms with Gasteiger partial charge in [0.25, 0.3) is 0 Å². The second-order valence-corrected chi connectivity index (χ2v) is 8.87. The summed E-state index contributed by atoms with van der Waals surface area (Å²) in [5.41, 5.74) is 0. The molecule has 0 heterocycles. The minimum Gasteiger partial charge on any atom is -0.212 e. The molecule has 0 radical (unpaired) electrons. The van der Waals surface area contributed by atoms with Gasteiger partial charge in [-0.25, -0.2) is 21.6 Å². The number of nitrogens with zero attached hydrogens (tertiary/aromatic N) is 1. The summed E-state index contributed by atoms with van der Waals surface area (Å²) >= 11 is 5.85. The molecule has 0 unspecified atom stereocenters. The van der Waals surface area contributed by atoms with E-state index >= 15 is 0 Å². The first-order valence-electron chi connectivity index (χ1n) is 6.26. The van der Waals surface area contributed by atoms with E-state index in [4.69, 9.17) is 11.6 Å². The van der Waals surface area contributed by atoms with Crippen LogP contribution >= 0.6 is 11.6 Å². The smallest absolute Gasteiger partial charge is 0.212 e. The lowest BCUT2D eigenvalue weighted by Gasteiger charge is -2.23. The van der Waals surface area contributed by atoms with Crippen molar-refractivity contribution in [2.45, 2.75) is 24.8 Å². The van der Waals surface area contributed by atoms with Crippen LogP contribution in [0.3, 0.4) is 0 Å². The fourth-order valence-corrected chi connectivity index (χ4v) is 4.56. The van der Waals surface area contributed by atoms with E-state index in [9.17, 15) is 16.8 Å². The summed E-state index contributed by atoms with van der Waals surface area (Å²) in [7, 11) is -7.14. The molecule has 0 saturated heterocycles. The molecule has 0 aromatic heterocycles. The number of halogens is 1. The van der Waals surface area contributed by atoms with E-state index in [0.717, 1.165) is 6.26 Å². The number of hydrogen-bond acceptors (Lipinski definition) is 4. The fraction of sp³-hybridized carbons (Fsp3) is 0.500. The summed E-state index contributed by atoms with van der Waals surface area (Å²) < 4.78 is 50.9. The molecule has 1 aromatic rings. The van der Waals surface area contributed by atoms with Crippen molar-refractivity contribution in [2.24, 2.45) is 0 Å². The van der Waals surface area contributed by atoms with Crippen molar-refractivity contribution < 1.29 is 16.8 Å². The minimum atomic E-state index is -3.76. The molecule has 0 fully saturated rings. The first-order valence-corrected chi connectivity index (χ1v) is 9.97. The van der Waals surface area contributed by atoms with E-state index in [1.807, 2.05) is 0 Å². The molecule has 9 heteroatoms. The molecule has 0 spiro atoms. The normalized spacial score (nSPS) is 13.0. The van der Waals surface area contributed by atoms with Crippen molar-refractivity contribution >= 4 is 31.6 Å². The first-order chi connectivity index (χ1) is 9.55. The number of sulfonamides is 2. The van der Waals surface area contributed by atoms with E-state index in [1.54, 1.807) is 26.0 Å². The summed E-state index contributed by atoms with van der Waals surface area (Å²) in [5.74, 6) is 0. The predicted octanol–water partition coefficient (Wildman–Crippen LogP) is 1.29. The topological polar surface area (TPSA) is 83.6 Å². The molecule has 21 heavy (non-hydrogen) atoms. The van der Waals surface area contributed by atoms with Crippen LogP contribution in [0.4, 0.5) is 0 Å². The number of benzene rings is 1. The number of nitrogens with one attached hydrogen (secondary N) is 1. The molecule has 0 aliphatic rings. The summed E-state index contributed by atoms with van der Waals surface area (Å²) in [6.07, 6.45) is 1.09. The van der Waals surface area contributed by atoms with Gasteiger partial charge in [-0.1, -0.05) is 23.7 Å². The molecular formula is C12H19ClN2O4S2. The lowest BCUT2D eigenvalue weighted by Crippen LogP contribution is -2.41. The van der Waals surface area contributed by atoms with Crippen molar-refractivity contribution in [3.05, 3.63) is 29.3 Å². The molecule has 0 amide bonds. The third kappa shape index (κ3) is 5.23. The van der Waals surface area contributed by atoms with Crippen LogP contribution in [0.25, 0.3) is 0 Å². The molecule has 1 rings (SSSR count). The molecule has 0 saturated carbocycles. The Labute approximate surface area is 131 Å². The largest absolute Gasteiger partial charge is 0.242 e. The van der Waals surface area contributed by atoms with Crippen LogP contribution in [-0.2, 0) is 20.0 Å². The lowest BCUT2D eigenvalue weighted by atomic mass is 10.4. The molecule has 6 nitrogen and oxygen atoms in total. The van der Waals surface area contributed by atoms with E-state index in [2.05, 4.69) is 4.72 Å². The van der Waals surface area contributed by atoms with Gasteiger partial charge in [-0.2, -0.15) is 4.31 Å². The average Bonchev–Trinajstić information content (AvgIpc) is 2.32. The van der Waals surface area contributed by atoms with Crippen molar-refractivity contribution in [3.63, 3.8) is 0 Å². The van der Waals surface area contributed by atoms with E-state index in [0.29, 0.717) is 0 Å². The van der Waals surface area contributed by atoms with E-state index in [1.165, 1.54) is 16.4 Å². The molecule has 0 aliphatic carbocycles. The van der Waals surface area contributed by atoms with Crippen LogP contribution in [0.15, 0.2) is 29.2 Å². The summed E-state index contributed by atoms with van der Waals surface area (Å²) in [5, 5.41) is 0.119. The third-order valence-corrected chi connectivity index (χ3v) is 6.17. The first kappa shape index (κ1) is 18.4. The molecule has 120 valence electrons. The highest BCUT2D eigenvalue weighted by Crippen LogP contribution is 2.19. The third-order valence-electron chi connectivity index (χ3n) is 2.75. The zero-order valence-electron chi connectivity index (χ0n) is 12.1. The Bertz CT molecular complexity index is 687. The Balaban J connectivity index is 2.78. The van der Waals surface area contributed by atoms with Gasteiger partial charge >= 0.3 is 0 Å². The van der Waals surface area contributed by atoms with Gasteiger partial charge in [0.05, 0.1) is 11.3 Å². The summed E-state index contributed by atoms with van der Waals surface area (Å²) in [6.45, 7) is 3.48. The maximum Gasteiger partial charge on any atom is 0.242 e. The summed E-state index contributed by atoms with van der Waals surface area (Å²) in [6, 6.07) is 5.82. The minimum absolute atomic E-state index is 0.0258. The lowest BCUT2D eigenvalue weighted by molar-refractivity contribution is 0.360. The Morgan fingerprint density at radius 1 is 1.19 bits per heavy atom. The number of hydrogen-bond donors (Lipinski definition) is 1. The Morgan fingerprint density at radius 3 is 2.24 bits per heavy atom. The van der Waals surface area contributed by atoms with Crippen molar-refractivity contribution in [2.75, 3.05) is 19.3 Å². The van der Waals surface area contributed by atoms with Crippen LogP contribution in [0, 0.1) is 0 Å². The zero-order chi connectivity index (χ0) is 16.3. The van der Waals surface area contributed by atoms with Crippen molar-refractivity contribution in [3.8, 4) is 0 Å². The van der Waals surface area contributed by atoms with Crippen LogP contribution in [0.5, 0.6) is 0 Å². The van der Waals surface area contributed by atoms with Gasteiger partial charge in [0.2, 0.25) is 20.0 Å². The molecule has 0 atom stereocenters. The highest BCUT2D eigenvalue weighted by molar-refractivity contribution is 7.89. The fourth-order valence-electron chi connectivity index (χ4n) is 1.84. The Kier molecular flexibility index (Phi) is 6.18. The molecule has 0 bridgehead atoms. The molecule has 1 N–H and O–H groups in total. The zero-order valence-corrected chi connectivity index (χ0v) is 14.5. The number of rotatable bonds is 7. The van der Waals surface area contributed by atoms with E-state index in [-0.39, 0.29) is 29.0 Å². The maximum absolute atomic E-state index is 12.1. The standard InChI is InChI=1S/C12H19ClN2O4S2/c1-10(2)15(20(3,16)17)9-8-14-21(18,19)12-7-5-4-6-11(12)13/h4-7,10,14H,8-9H2,1-3H3. The van der Waals surface area contributed by atoms with Gasteiger partial charge in [-0.05, 0) is 26.0 Å². The van der Waals surface area contributed by atoms with Crippen LogP contribution in [-0.4, -0.2) is 46.5 Å². The molecule has 0 aliphatic heterocycles. The van der Waals surface area contributed by atoms with Crippen LogP contribution < -0.4 is 4.72 Å². The van der Waals surface area contributed by atoms with Crippen LogP contribution in [0.1, 0.15) is 13.8 Å². The van der Waals surface area contributed by atoms with Gasteiger partial charge in [0.15, 0.2) is 0 Å². The highest BCUT2D eigenvalue weighted by atomic mass is 35.5. The van der Waals surface area contributed by atoms with Gasteiger partial charge in [-0.3, -0.25) is 0 Å². The van der Waals surface area contributed by atoms with Gasteiger partial charge < -0.3 is 0 Å². The van der Waals surface area contributed by atoms with Crippen molar-refractivity contribution in [1.29, 1.82) is 0 Å². The Morgan fingerprint density at radius 2 is 1.76 bits per heavy atom. The molecule has 1 aromatic carbocycles. The highest BCUT2D eigenvalue weighted by Gasteiger charge is 2.22. The van der Waals surface area contributed by atoms with Crippen molar-refractivity contribution in [1.82, 2.24) is 9.03 Å². The second kappa shape index (κ2) is 7.06. The van der Waals surface area contributed by atoms with Crippen LogP contribution in [0.2, 0.25) is 5.02 Å². The van der Waals surface area contributed by atoms with Gasteiger partial charge in [-0.15, -0.1) is 0 Å². The Hall–Kier alpha value is -0.670. The van der Waals surface area contributed by atoms with E-state index < -0.39 is 20.0 Å². The maximum atomic E-state index is 12.1. The SMILES string of the molecule is CC(C)N(CCNS(=O)(=O)c1ccccc1Cl)S(C)(=O)=O. The average molecular weight is 355 g/mol. The summed E-state index contributed by atoms with van der Waals surface area (Å²) in [4.78, 5) is -0.0258. The predicted molar refractivity (Wildman–Crippen MR) is 83.3 cm³/mol. The quantitative estimate of drug-likeness (QED) is 0.799. The second-order valence-electron chi connectivity index (χ2n) is 4.80. The monoisotopic (exact) mass is 354 g/mol. The molecular weight excluding hydrogens is 336 g/mol.